The highest BCUT2D eigenvalue weighted by Gasteiger charge is 2.21. The van der Waals surface area contributed by atoms with Crippen molar-refractivity contribution in [2.24, 2.45) is 5.10 Å². The molecule has 0 N–H and O–H groups in total. The van der Waals surface area contributed by atoms with Gasteiger partial charge in [-0.1, -0.05) is 65.4 Å². The molecule has 6 heteroatoms. The number of nitrogens with zero attached hydrogens (tertiary/aromatic N) is 3. The summed E-state index contributed by atoms with van der Waals surface area (Å²) in [6.45, 7) is 2.03. The molecular weight excluding hydrogens is 390 g/mol. The molecule has 0 saturated carbocycles. The molecule has 0 aliphatic heterocycles. The number of benzene rings is 3. The van der Waals surface area contributed by atoms with Crippen LogP contribution in [0.5, 0.6) is 0 Å². The highest BCUT2D eigenvalue weighted by Crippen LogP contribution is 2.31. The number of carbonyl (C=O) groups is 1. The molecular formula is C22H16ClN3OS. The second-order valence-electron chi connectivity index (χ2n) is 6.25. The number of hydrazone groups is 1. The maximum absolute atomic E-state index is 13.2. The van der Waals surface area contributed by atoms with E-state index in [1.54, 1.807) is 30.5 Å². The number of halogens is 1. The van der Waals surface area contributed by atoms with Crippen molar-refractivity contribution in [2.45, 2.75) is 6.92 Å². The van der Waals surface area contributed by atoms with Crippen molar-refractivity contribution in [3.8, 4) is 0 Å². The van der Waals surface area contributed by atoms with Gasteiger partial charge in [0.05, 0.1) is 16.4 Å². The van der Waals surface area contributed by atoms with E-state index in [1.807, 2.05) is 49.4 Å². The zero-order valence-corrected chi connectivity index (χ0v) is 16.6. The first-order valence-electron chi connectivity index (χ1n) is 8.66. The Labute approximate surface area is 171 Å². The molecule has 1 amide bonds. The van der Waals surface area contributed by atoms with E-state index >= 15 is 0 Å². The van der Waals surface area contributed by atoms with E-state index < -0.39 is 0 Å². The standard InChI is InChI=1S/C22H16ClN3OS/c1-15-10-11-19-20(12-15)28-22(25-19)26(24-14-16-6-3-2-4-7-16)21(27)17-8-5-9-18(23)13-17/h2-14H,1H3/b24-14+. The van der Waals surface area contributed by atoms with Crippen LogP contribution in [0.3, 0.4) is 0 Å². The van der Waals surface area contributed by atoms with Crippen LogP contribution < -0.4 is 5.01 Å². The predicted molar refractivity (Wildman–Crippen MR) is 117 cm³/mol. The minimum Gasteiger partial charge on any atom is -0.267 e. The molecule has 0 bridgehead atoms. The topological polar surface area (TPSA) is 45.6 Å². The van der Waals surface area contributed by atoms with Crippen LogP contribution in [0.2, 0.25) is 5.02 Å². The molecule has 0 aliphatic carbocycles. The number of hydrogen-bond acceptors (Lipinski definition) is 4. The van der Waals surface area contributed by atoms with Gasteiger partial charge in [0.2, 0.25) is 5.13 Å². The molecule has 1 heterocycles. The first kappa shape index (κ1) is 18.3. The first-order valence-corrected chi connectivity index (χ1v) is 9.86. The van der Waals surface area contributed by atoms with Crippen LogP contribution >= 0.6 is 22.9 Å². The van der Waals surface area contributed by atoms with Gasteiger partial charge in [0.25, 0.3) is 5.91 Å². The van der Waals surface area contributed by atoms with Crippen LogP contribution in [-0.4, -0.2) is 17.1 Å². The zero-order valence-electron chi connectivity index (χ0n) is 15.0. The van der Waals surface area contributed by atoms with E-state index in [1.165, 1.54) is 16.3 Å². The lowest BCUT2D eigenvalue weighted by Gasteiger charge is -2.14. The Balaban J connectivity index is 1.77. The number of fused-ring (bicyclic) bond motifs is 1. The maximum atomic E-state index is 13.2. The highest BCUT2D eigenvalue weighted by atomic mass is 35.5. The van der Waals surface area contributed by atoms with Crippen molar-refractivity contribution in [2.75, 3.05) is 5.01 Å². The van der Waals surface area contributed by atoms with E-state index in [9.17, 15) is 4.79 Å². The van der Waals surface area contributed by atoms with Gasteiger partial charge in [0.15, 0.2) is 0 Å². The highest BCUT2D eigenvalue weighted by molar-refractivity contribution is 7.22. The van der Waals surface area contributed by atoms with Gasteiger partial charge in [-0.15, -0.1) is 0 Å². The van der Waals surface area contributed by atoms with Crippen molar-refractivity contribution >= 4 is 50.4 Å². The fourth-order valence-corrected chi connectivity index (χ4v) is 3.92. The Morgan fingerprint density at radius 3 is 2.68 bits per heavy atom. The Hall–Kier alpha value is -3.02. The number of rotatable bonds is 4. The van der Waals surface area contributed by atoms with Crippen LogP contribution in [0, 0.1) is 6.92 Å². The number of anilines is 1. The lowest BCUT2D eigenvalue weighted by Crippen LogP contribution is -2.25. The van der Waals surface area contributed by atoms with Crippen LogP contribution in [0.25, 0.3) is 10.2 Å². The number of carbonyl (C=O) groups excluding carboxylic acids is 1. The zero-order chi connectivity index (χ0) is 19.5. The molecule has 3 aromatic carbocycles. The molecule has 0 aliphatic rings. The van der Waals surface area contributed by atoms with Crippen molar-refractivity contribution in [3.63, 3.8) is 0 Å². The molecule has 0 unspecified atom stereocenters. The van der Waals surface area contributed by atoms with Crippen LogP contribution in [-0.2, 0) is 0 Å². The van der Waals surface area contributed by atoms with Gasteiger partial charge in [-0.2, -0.15) is 10.1 Å². The Morgan fingerprint density at radius 2 is 1.89 bits per heavy atom. The minimum atomic E-state index is -0.287. The molecule has 4 rings (SSSR count). The summed E-state index contributed by atoms with van der Waals surface area (Å²) in [4.78, 5) is 17.8. The molecule has 0 spiro atoms. The largest absolute Gasteiger partial charge is 0.280 e. The van der Waals surface area contributed by atoms with Gasteiger partial charge < -0.3 is 0 Å². The van der Waals surface area contributed by atoms with Gasteiger partial charge in [0.1, 0.15) is 0 Å². The van der Waals surface area contributed by atoms with Gasteiger partial charge >= 0.3 is 0 Å². The first-order chi connectivity index (χ1) is 13.6. The number of thiazole rings is 1. The fraction of sp³-hybridized carbons (Fsp3) is 0.0455. The number of aromatic nitrogens is 1. The fourth-order valence-electron chi connectivity index (χ4n) is 2.71. The van der Waals surface area contributed by atoms with Crippen molar-refractivity contribution in [3.05, 3.63) is 94.5 Å². The van der Waals surface area contributed by atoms with Gasteiger partial charge in [-0.3, -0.25) is 4.79 Å². The lowest BCUT2D eigenvalue weighted by atomic mass is 10.2. The summed E-state index contributed by atoms with van der Waals surface area (Å²) in [5, 5.41) is 6.79. The molecule has 4 aromatic rings. The smallest absolute Gasteiger partial charge is 0.267 e. The van der Waals surface area contributed by atoms with E-state index in [0.29, 0.717) is 15.7 Å². The maximum Gasteiger partial charge on any atom is 0.280 e. The second kappa shape index (κ2) is 7.92. The quantitative estimate of drug-likeness (QED) is 0.311. The summed E-state index contributed by atoms with van der Waals surface area (Å²) in [5.41, 5.74) is 3.32. The molecule has 1 aromatic heterocycles. The molecule has 0 saturated heterocycles. The van der Waals surface area contributed by atoms with E-state index in [-0.39, 0.29) is 5.91 Å². The Bertz CT molecular complexity index is 1170. The molecule has 138 valence electrons. The summed E-state index contributed by atoms with van der Waals surface area (Å²) in [7, 11) is 0. The van der Waals surface area contributed by atoms with Gasteiger partial charge in [-0.25, -0.2) is 4.98 Å². The molecule has 0 radical (unpaired) electrons. The minimum absolute atomic E-state index is 0.287. The third kappa shape index (κ3) is 3.96. The third-order valence-corrected chi connectivity index (χ3v) is 5.33. The summed E-state index contributed by atoms with van der Waals surface area (Å²) in [5.74, 6) is -0.287. The monoisotopic (exact) mass is 405 g/mol. The normalized spacial score (nSPS) is 11.2. The van der Waals surface area contributed by atoms with Crippen molar-refractivity contribution in [1.82, 2.24) is 4.98 Å². The lowest BCUT2D eigenvalue weighted by molar-refractivity contribution is 0.0988. The van der Waals surface area contributed by atoms with Crippen LogP contribution in [0.1, 0.15) is 21.5 Å². The Kier molecular flexibility index (Phi) is 5.19. The van der Waals surface area contributed by atoms with Crippen LogP contribution in [0.4, 0.5) is 5.13 Å². The SMILES string of the molecule is Cc1ccc2nc(N(/N=C/c3ccccc3)C(=O)c3cccc(Cl)c3)sc2c1. The molecule has 0 fully saturated rings. The summed E-state index contributed by atoms with van der Waals surface area (Å²) >= 11 is 7.50. The number of hydrogen-bond donors (Lipinski definition) is 0. The predicted octanol–water partition coefficient (Wildman–Crippen LogP) is 5.94. The van der Waals surface area contributed by atoms with Crippen LogP contribution in [0.15, 0.2) is 77.9 Å². The second-order valence-corrected chi connectivity index (χ2v) is 7.70. The average molecular weight is 406 g/mol. The Morgan fingerprint density at radius 1 is 1.07 bits per heavy atom. The summed E-state index contributed by atoms with van der Waals surface area (Å²) < 4.78 is 1.01. The third-order valence-electron chi connectivity index (χ3n) is 4.10. The van der Waals surface area contributed by atoms with Crippen molar-refractivity contribution < 1.29 is 4.79 Å². The van der Waals surface area contributed by atoms with Crippen molar-refractivity contribution in [1.29, 1.82) is 0 Å². The van der Waals surface area contributed by atoms with E-state index in [4.69, 9.17) is 11.6 Å². The molecule has 0 atom stereocenters. The average Bonchev–Trinajstić information content (AvgIpc) is 3.11. The molecule has 4 nitrogen and oxygen atoms in total. The number of aryl methyl sites for hydroxylation is 1. The van der Waals surface area contributed by atoms with E-state index in [0.717, 1.165) is 21.3 Å². The van der Waals surface area contributed by atoms with Gasteiger partial charge in [-0.05, 0) is 48.4 Å². The summed E-state index contributed by atoms with van der Waals surface area (Å²) in [6, 6.07) is 22.5. The summed E-state index contributed by atoms with van der Waals surface area (Å²) in [6.07, 6.45) is 1.65. The van der Waals surface area contributed by atoms with Gasteiger partial charge in [0, 0.05) is 10.6 Å². The molecule has 28 heavy (non-hydrogen) atoms. The number of amides is 1. The van der Waals surface area contributed by atoms with E-state index in [2.05, 4.69) is 16.2 Å².